The third-order valence-corrected chi connectivity index (χ3v) is 3.66. The van der Waals surface area contributed by atoms with E-state index in [2.05, 4.69) is 46.7 Å². The van der Waals surface area contributed by atoms with E-state index in [0.29, 0.717) is 0 Å². The number of pyridine rings is 1. The van der Waals surface area contributed by atoms with Gasteiger partial charge in [0.1, 0.15) is 0 Å². The molecule has 3 heteroatoms. The lowest BCUT2D eigenvalue weighted by molar-refractivity contribution is 0.552. The Balaban J connectivity index is 2.85. The Kier molecular flexibility index (Phi) is 3.31. The summed E-state index contributed by atoms with van der Waals surface area (Å²) in [5, 5.41) is 0.943. The standard InChI is InChI=1S/C10H15BrN2/c1-10(2,8-11)13(3)9-4-6-12-7-5-9/h4-7H,8H2,1-3H3. The molecule has 0 N–H and O–H groups in total. The Bertz CT molecular complexity index is 259. The fourth-order valence-corrected chi connectivity index (χ4v) is 1.38. The molecule has 1 rings (SSSR count). The van der Waals surface area contributed by atoms with Gasteiger partial charge in [-0.05, 0) is 26.0 Å². The van der Waals surface area contributed by atoms with Crippen LogP contribution in [0.25, 0.3) is 0 Å². The number of alkyl halides is 1. The molecule has 1 aromatic heterocycles. The van der Waals surface area contributed by atoms with Gasteiger partial charge >= 0.3 is 0 Å². The van der Waals surface area contributed by atoms with Gasteiger partial charge in [-0.15, -0.1) is 0 Å². The Hall–Kier alpha value is -0.570. The first-order valence-electron chi connectivity index (χ1n) is 4.28. The van der Waals surface area contributed by atoms with Crippen molar-refractivity contribution in [2.75, 3.05) is 17.3 Å². The minimum Gasteiger partial charge on any atom is -0.369 e. The van der Waals surface area contributed by atoms with E-state index in [1.54, 1.807) is 0 Å². The molecule has 0 amide bonds. The van der Waals surface area contributed by atoms with E-state index in [-0.39, 0.29) is 5.54 Å². The minimum atomic E-state index is 0.126. The first kappa shape index (κ1) is 10.5. The Morgan fingerprint density at radius 1 is 1.38 bits per heavy atom. The molecule has 2 nitrogen and oxygen atoms in total. The van der Waals surface area contributed by atoms with Gasteiger partial charge in [0.15, 0.2) is 0 Å². The zero-order valence-corrected chi connectivity index (χ0v) is 9.87. The van der Waals surface area contributed by atoms with Gasteiger partial charge in [-0.1, -0.05) is 15.9 Å². The van der Waals surface area contributed by atoms with Crippen molar-refractivity contribution in [1.29, 1.82) is 0 Å². The first-order valence-corrected chi connectivity index (χ1v) is 5.40. The summed E-state index contributed by atoms with van der Waals surface area (Å²) in [5.41, 5.74) is 1.32. The largest absolute Gasteiger partial charge is 0.369 e. The van der Waals surface area contributed by atoms with Crippen LogP contribution in [0.1, 0.15) is 13.8 Å². The highest BCUT2D eigenvalue weighted by molar-refractivity contribution is 9.09. The van der Waals surface area contributed by atoms with Crippen molar-refractivity contribution in [2.24, 2.45) is 0 Å². The van der Waals surface area contributed by atoms with Crippen molar-refractivity contribution in [3.63, 3.8) is 0 Å². The quantitative estimate of drug-likeness (QED) is 0.759. The van der Waals surface area contributed by atoms with Gasteiger partial charge in [-0.3, -0.25) is 4.98 Å². The predicted octanol–water partition coefficient (Wildman–Crippen LogP) is 2.69. The SMILES string of the molecule is CN(c1ccncc1)C(C)(C)CBr. The van der Waals surface area contributed by atoms with Crippen molar-refractivity contribution < 1.29 is 0 Å². The maximum atomic E-state index is 4.00. The molecule has 0 radical (unpaired) electrons. The van der Waals surface area contributed by atoms with Crippen molar-refractivity contribution in [3.8, 4) is 0 Å². The van der Waals surface area contributed by atoms with Gasteiger partial charge in [0.05, 0.1) is 0 Å². The number of halogens is 1. The summed E-state index contributed by atoms with van der Waals surface area (Å²) in [5.74, 6) is 0. The molecule has 0 saturated carbocycles. The molecule has 0 aliphatic rings. The smallest absolute Gasteiger partial charge is 0.0439 e. The number of anilines is 1. The van der Waals surface area contributed by atoms with Gasteiger partial charge in [-0.2, -0.15) is 0 Å². The Morgan fingerprint density at radius 3 is 2.38 bits per heavy atom. The summed E-state index contributed by atoms with van der Waals surface area (Å²) in [6.45, 7) is 4.39. The van der Waals surface area contributed by atoms with E-state index in [1.807, 2.05) is 24.5 Å². The second kappa shape index (κ2) is 4.09. The second-order valence-electron chi connectivity index (χ2n) is 3.71. The lowest BCUT2D eigenvalue weighted by Gasteiger charge is -2.35. The summed E-state index contributed by atoms with van der Waals surface area (Å²) in [4.78, 5) is 6.24. The van der Waals surface area contributed by atoms with Crippen molar-refractivity contribution >= 4 is 21.6 Å². The van der Waals surface area contributed by atoms with Crippen molar-refractivity contribution in [1.82, 2.24) is 4.98 Å². The van der Waals surface area contributed by atoms with Crippen LogP contribution >= 0.6 is 15.9 Å². The van der Waals surface area contributed by atoms with Crippen molar-refractivity contribution in [3.05, 3.63) is 24.5 Å². The molecule has 0 bridgehead atoms. The minimum absolute atomic E-state index is 0.126. The molecule has 72 valence electrons. The normalized spacial score (nSPS) is 11.4. The lowest BCUT2D eigenvalue weighted by Crippen LogP contribution is -2.42. The number of aromatic nitrogens is 1. The zero-order valence-electron chi connectivity index (χ0n) is 8.29. The summed E-state index contributed by atoms with van der Waals surface area (Å²) in [6, 6.07) is 4.04. The van der Waals surface area contributed by atoms with Crippen LogP contribution in [-0.4, -0.2) is 22.9 Å². The fraction of sp³-hybridized carbons (Fsp3) is 0.500. The fourth-order valence-electron chi connectivity index (χ4n) is 1.01. The van der Waals surface area contributed by atoms with Crippen molar-refractivity contribution in [2.45, 2.75) is 19.4 Å². The molecule has 0 fully saturated rings. The molecule has 1 aromatic rings. The molecule has 1 heterocycles. The molecule has 0 unspecified atom stereocenters. The Morgan fingerprint density at radius 2 is 1.92 bits per heavy atom. The second-order valence-corrected chi connectivity index (χ2v) is 4.27. The zero-order chi connectivity index (χ0) is 9.90. The van der Waals surface area contributed by atoms with E-state index in [0.717, 1.165) is 5.33 Å². The van der Waals surface area contributed by atoms with Gasteiger partial charge in [-0.25, -0.2) is 0 Å². The highest BCUT2D eigenvalue weighted by Crippen LogP contribution is 2.22. The summed E-state index contributed by atoms with van der Waals surface area (Å²) in [7, 11) is 2.09. The molecule has 13 heavy (non-hydrogen) atoms. The van der Waals surface area contributed by atoms with Crippen LogP contribution in [0.4, 0.5) is 5.69 Å². The molecule has 0 atom stereocenters. The molecule has 0 aliphatic carbocycles. The maximum absolute atomic E-state index is 4.00. The third kappa shape index (κ3) is 2.44. The molecule has 0 spiro atoms. The Labute approximate surface area is 88.1 Å². The number of hydrogen-bond donors (Lipinski definition) is 0. The number of hydrogen-bond acceptors (Lipinski definition) is 2. The maximum Gasteiger partial charge on any atom is 0.0439 e. The summed E-state index contributed by atoms with van der Waals surface area (Å²) in [6.07, 6.45) is 3.63. The topological polar surface area (TPSA) is 16.1 Å². The monoisotopic (exact) mass is 242 g/mol. The van der Waals surface area contributed by atoms with Crippen LogP contribution < -0.4 is 4.90 Å². The number of rotatable bonds is 3. The highest BCUT2D eigenvalue weighted by atomic mass is 79.9. The lowest BCUT2D eigenvalue weighted by atomic mass is 10.1. The van der Waals surface area contributed by atoms with E-state index in [4.69, 9.17) is 0 Å². The summed E-state index contributed by atoms with van der Waals surface area (Å²) < 4.78 is 0. The molecule has 0 saturated heterocycles. The van der Waals surface area contributed by atoms with E-state index in [1.165, 1.54) is 5.69 Å². The van der Waals surface area contributed by atoms with E-state index >= 15 is 0 Å². The average Bonchev–Trinajstić information content (AvgIpc) is 2.18. The van der Waals surface area contributed by atoms with Crippen LogP contribution in [0.2, 0.25) is 0 Å². The predicted molar refractivity (Wildman–Crippen MR) is 60.5 cm³/mol. The molecular weight excluding hydrogens is 228 g/mol. The van der Waals surface area contributed by atoms with Gasteiger partial charge < -0.3 is 4.90 Å². The average molecular weight is 243 g/mol. The van der Waals surface area contributed by atoms with Crippen LogP contribution in [0.15, 0.2) is 24.5 Å². The molecule has 0 aliphatic heterocycles. The molecule has 0 aromatic carbocycles. The van der Waals surface area contributed by atoms with Gasteiger partial charge in [0.25, 0.3) is 0 Å². The van der Waals surface area contributed by atoms with E-state index in [9.17, 15) is 0 Å². The van der Waals surface area contributed by atoms with Crippen LogP contribution in [-0.2, 0) is 0 Å². The molecular formula is C10H15BrN2. The highest BCUT2D eigenvalue weighted by Gasteiger charge is 2.21. The van der Waals surface area contributed by atoms with Crippen LogP contribution in [0, 0.1) is 0 Å². The third-order valence-electron chi connectivity index (χ3n) is 2.29. The van der Waals surface area contributed by atoms with E-state index < -0.39 is 0 Å². The van der Waals surface area contributed by atoms with Crippen LogP contribution in [0.3, 0.4) is 0 Å². The van der Waals surface area contributed by atoms with Crippen LogP contribution in [0.5, 0.6) is 0 Å². The van der Waals surface area contributed by atoms with Gasteiger partial charge in [0, 0.05) is 36.0 Å². The first-order chi connectivity index (χ1) is 6.08. The number of nitrogens with zero attached hydrogens (tertiary/aromatic N) is 2. The summed E-state index contributed by atoms with van der Waals surface area (Å²) >= 11 is 3.51. The van der Waals surface area contributed by atoms with Gasteiger partial charge in [0.2, 0.25) is 0 Å².